The van der Waals surface area contributed by atoms with Gasteiger partial charge in [-0.25, -0.2) is 4.79 Å². The van der Waals surface area contributed by atoms with Crippen molar-refractivity contribution in [2.75, 3.05) is 6.61 Å². The van der Waals surface area contributed by atoms with Crippen molar-refractivity contribution in [3.63, 3.8) is 0 Å². The number of hydrogen-bond donors (Lipinski definition) is 0. The number of carbonyl (C=O) groups is 3. The van der Waals surface area contributed by atoms with Crippen molar-refractivity contribution in [2.45, 2.75) is 33.0 Å². The number of thiophene rings is 2. The van der Waals surface area contributed by atoms with Crippen LogP contribution in [-0.4, -0.2) is 29.7 Å². The maximum Gasteiger partial charge on any atom is 0.332 e. The number of fused-ring (bicyclic) bond motifs is 2. The van der Waals surface area contributed by atoms with Crippen LogP contribution < -0.4 is 0 Å². The number of ketones is 2. The molecule has 5 nitrogen and oxygen atoms in total. The van der Waals surface area contributed by atoms with Gasteiger partial charge in [-0.05, 0) is 38.3 Å². The number of rotatable bonds is 4. The van der Waals surface area contributed by atoms with E-state index in [0.29, 0.717) is 20.9 Å². The lowest BCUT2D eigenvalue weighted by molar-refractivity contribution is -0.160. The highest BCUT2D eigenvalue weighted by Crippen LogP contribution is 2.35. The third kappa shape index (κ3) is 3.33. The highest BCUT2D eigenvalue weighted by Gasteiger charge is 2.33. The Morgan fingerprint density at radius 3 is 2.58 bits per heavy atom. The Labute approximate surface area is 147 Å². The number of esters is 1. The molecule has 0 radical (unpaired) electrons. The van der Waals surface area contributed by atoms with Crippen LogP contribution in [0, 0.1) is 0 Å². The summed E-state index contributed by atoms with van der Waals surface area (Å²) < 4.78 is 10.5. The van der Waals surface area contributed by atoms with Crippen LogP contribution in [0.15, 0.2) is 17.5 Å². The lowest BCUT2D eigenvalue weighted by atomic mass is 9.95. The fourth-order valence-electron chi connectivity index (χ4n) is 2.37. The molecule has 7 heteroatoms. The molecule has 0 aromatic carbocycles. The Morgan fingerprint density at radius 1 is 1.12 bits per heavy atom. The SMILES string of the molecule is CC(C)(C)OC(=O)COCc1cc2c(s1)C(=O)c1sccc1C2=O. The molecule has 0 amide bonds. The third-order valence-electron chi connectivity index (χ3n) is 3.23. The Bertz CT molecular complexity index is 774. The van der Waals surface area contributed by atoms with E-state index in [2.05, 4.69) is 0 Å². The summed E-state index contributed by atoms with van der Waals surface area (Å²) in [6, 6.07) is 3.36. The molecular weight excluding hydrogens is 348 g/mol. The molecule has 0 aliphatic heterocycles. The van der Waals surface area contributed by atoms with E-state index in [4.69, 9.17) is 9.47 Å². The molecule has 0 bridgehead atoms. The average Bonchev–Trinajstić information content (AvgIpc) is 3.10. The summed E-state index contributed by atoms with van der Waals surface area (Å²) in [6.45, 7) is 5.34. The Hall–Kier alpha value is -1.83. The van der Waals surface area contributed by atoms with E-state index in [1.165, 1.54) is 22.7 Å². The maximum absolute atomic E-state index is 12.4. The molecule has 24 heavy (non-hydrogen) atoms. The van der Waals surface area contributed by atoms with Crippen molar-refractivity contribution in [1.29, 1.82) is 0 Å². The van der Waals surface area contributed by atoms with Crippen LogP contribution in [0.25, 0.3) is 0 Å². The summed E-state index contributed by atoms with van der Waals surface area (Å²) >= 11 is 2.52. The molecule has 1 aliphatic carbocycles. The average molecular weight is 364 g/mol. The molecule has 0 N–H and O–H groups in total. The van der Waals surface area contributed by atoms with E-state index in [9.17, 15) is 14.4 Å². The van der Waals surface area contributed by atoms with Gasteiger partial charge in [0.25, 0.3) is 0 Å². The fourth-order valence-corrected chi connectivity index (χ4v) is 4.31. The first-order chi connectivity index (χ1) is 11.3. The Balaban J connectivity index is 1.67. The molecule has 0 saturated carbocycles. The van der Waals surface area contributed by atoms with E-state index >= 15 is 0 Å². The van der Waals surface area contributed by atoms with Crippen molar-refractivity contribution in [2.24, 2.45) is 0 Å². The Kier molecular flexibility index (Phi) is 4.42. The first-order valence-electron chi connectivity index (χ1n) is 7.35. The van der Waals surface area contributed by atoms with Crippen molar-refractivity contribution in [3.8, 4) is 0 Å². The molecule has 0 unspecified atom stereocenters. The van der Waals surface area contributed by atoms with Gasteiger partial charge in [-0.15, -0.1) is 22.7 Å². The summed E-state index contributed by atoms with van der Waals surface area (Å²) in [4.78, 5) is 38.1. The van der Waals surface area contributed by atoms with Crippen LogP contribution in [0.5, 0.6) is 0 Å². The van der Waals surface area contributed by atoms with Gasteiger partial charge in [0, 0.05) is 16.0 Å². The van der Waals surface area contributed by atoms with Gasteiger partial charge in [0.2, 0.25) is 5.78 Å². The lowest BCUT2D eigenvalue weighted by Gasteiger charge is -2.19. The second kappa shape index (κ2) is 6.23. The van der Waals surface area contributed by atoms with Crippen LogP contribution in [0.4, 0.5) is 0 Å². The van der Waals surface area contributed by atoms with Gasteiger partial charge in [0.05, 0.1) is 16.4 Å². The number of carbonyl (C=O) groups excluding carboxylic acids is 3. The first-order valence-corrected chi connectivity index (χ1v) is 9.05. The zero-order chi connectivity index (χ0) is 17.5. The zero-order valence-electron chi connectivity index (χ0n) is 13.5. The smallest absolute Gasteiger partial charge is 0.332 e. The van der Waals surface area contributed by atoms with Gasteiger partial charge in [-0.3, -0.25) is 9.59 Å². The highest BCUT2D eigenvalue weighted by atomic mass is 32.1. The monoisotopic (exact) mass is 364 g/mol. The molecule has 3 rings (SSSR count). The van der Waals surface area contributed by atoms with Gasteiger partial charge >= 0.3 is 5.97 Å². The summed E-state index contributed by atoms with van der Waals surface area (Å²) in [5.41, 5.74) is 0.335. The van der Waals surface area contributed by atoms with E-state index in [1.807, 2.05) is 0 Å². The quantitative estimate of drug-likeness (QED) is 0.663. The van der Waals surface area contributed by atoms with Crippen molar-refractivity contribution in [3.05, 3.63) is 43.3 Å². The normalized spacial score (nSPS) is 13.6. The summed E-state index contributed by atoms with van der Waals surface area (Å²) in [5.74, 6) is -0.688. The number of hydrogen-bond acceptors (Lipinski definition) is 7. The summed E-state index contributed by atoms with van der Waals surface area (Å²) in [7, 11) is 0. The van der Waals surface area contributed by atoms with Gasteiger partial charge in [-0.2, -0.15) is 0 Å². The minimum atomic E-state index is -0.557. The highest BCUT2D eigenvalue weighted by molar-refractivity contribution is 7.17. The molecule has 0 spiro atoms. The molecule has 1 aliphatic rings. The van der Waals surface area contributed by atoms with Crippen molar-refractivity contribution < 1.29 is 23.9 Å². The molecule has 2 heterocycles. The molecule has 2 aromatic rings. The standard InChI is InChI=1S/C17H16O5S2/c1-17(2,3)22-12(18)8-21-7-9-6-11-13(19)10-4-5-23-15(10)14(20)16(11)24-9/h4-6H,7-8H2,1-3H3. The first kappa shape index (κ1) is 17.0. The number of ether oxygens (including phenoxy) is 2. The summed E-state index contributed by atoms with van der Waals surface area (Å²) in [6.07, 6.45) is 0. The zero-order valence-corrected chi connectivity index (χ0v) is 15.1. The third-order valence-corrected chi connectivity index (χ3v) is 5.25. The maximum atomic E-state index is 12.4. The fraction of sp³-hybridized carbons (Fsp3) is 0.353. The minimum absolute atomic E-state index is 0.113. The van der Waals surface area contributed by atoms with E-state index in [1.54, 1.807) is 38.3 Å². The van der Waals surface area contributed by atoms with Gasteiger partial charge in [0.15, 0.2) is 5.78 Å². The van der Waals surface area contributed by atoms with Crippen molar-refractivity contribution >= 4 is 40.2 Å². The lowest BCUT2D eigenvalue weighted by Crippen LogP contribution is -2.26. The van der Waals surface area contributed by atoms with Gasteiger partial charge < -0.3 is 9.47 Å². The summed E-state index contributed by atoms with van der Waals surface area (Å²) in [5, 5.41) is 1.75. The van der Waals surface area contributed by atoms with Crippen LogP contribution in [0.3, 0.4) is 0 Å². The van der Waals surface area contributed by atoms with Crippen LogP contribution >= 0.6 is 22.7 Å². The van der Waals surface area contributed by atoms with E-state index in [-0.39, 0.29) is 24.8 Å². The molecule has 126 valence electrons. The molecule has 0 atom stereocenters. The van der Waals surface area contributed by atoms with Crippen LogP contribution in [-0.2, 0) is 20.9 Å². The van der Waals surface area contributed by atoms with Gasteiger partial charge in [0.1, 0.15) is 12.2 Å². The van der Waals surface area contributed by atoms with Crippen LogP contribution in [0.1, 0.15) is 56.1 Å². The molecular formula is C17H16O5S2. The predicted octanol–water partition coefficient (Wildman–Crippen LogP) is 3.44. The molecule has 0 saturated heterocycles. The van der Waals surface area contributed by atoms with Crippen LogP contribution in [0.2, 0.25) is 0 Å². The van der Waals surface area contributed by atoms with Gasteiger partial charge in [-0.1, -0.05) is 0 Å². The Morgan fingerprint density at radius 2 is 1.88 bits per heavy atom. The topological polar surface area (TPSA) is 69.7 Å². The molecule has 2 aromatic heterocycles. The van der Waals surface area contributed by atoms with Crippen molar-refractivity contribution in [1.82, 2.24) is 0 Å². The van der Waals surface area contributed by atoms with E-state index < -0.39 is 11.6 Å². The second-order valence-electron chi connectivity index (χ2n) is 6.36. The largest absolute Gasteiger partial charge is 0.458 e. The van der Waals surface area contributed by atoms with E-state index in [0.717, 1.165) is 4.88 Å². The minimum Gasteiger partial charge on any atom is -0.458 e. The second-order valence-corrected chi connectivity index (χ2v) is 8.41. The molecule has 0 fully saturated rings. The predicted molar refractivity (Wildman–Crippen MR) is 91.0 cm³/mol.